The minimum Gasteiger partial charge on any atom is -0.309 e. The molecule has 0 N–H and O–H groups in total. The summed E-state index contributed by atoms with van der Waals surface area (Å²) in [7, 11) is 0. The van der Waals surface area contributed by atoms with Crippen LogP contribution in [0.15, 0.2) is 224 Å². The van der Waals surface area contributed by atoms with Crippen molar-refractivity contribution < 1.29 is 0 Å². The van der Waals surface area contributed by atoms with Crippen molar-refractivity contribution in [3.05, 3.63) is 224 Å². The van der Waals surface area contributed by atoms with Crippen molar-refractivity contribution in [3.8, 4) is 51.0 Å². The molecular weight excluding hydrogens is 767 g/mol. The van der Waals surface area contributed by atoms with Crippen LogP contribution in [-0.4, -0.2) is 23.7 Å². The van der Waals surface area contributed by atoms with Gasteiger partial charge >= 0.3 is 0 Å². The Morgan fingerprint density at radius 3 is 0.968 bits per heavy atom. The van der Waals surface area contributed by atoms with Crippen LogP contribution in [-0.2, 0) is 0 Å². The second-order valence-electron chi connectivity index (χ2n) is 16.2. The van der Waals surface area contributed by atoms with Crippen LogP contribution in [0.3, 0.4) is 0 Å². The molecule has 0 spiro atoms. The molecule has 0 radical (unpaired) electrons. The second kappa shape index (κ2) is 14.0. The van der Waals surface area contributed by atoms with E-state index in [2.05, 4.69) is 232 Å². The minimum absolute atomic E-state index is 0.667. The van der Waals surface area contributed by atoms with Gasteiger partial charge in [-0.1, -0.05) is 140 Å². The summed E-state index contributed by atoms with van der Waals surface area (Å²) in [4.78, 5) is 10.7. The minimum atomic E-state index is 0.667. The molecule has 0 aliphatic heterocycles. The molecule has 4 aromatic heterocycles. The predicted molar refractivity (Wildman–Crippen MR) is 261 cm³/mol. The lowest BCUT2D eigenvalue weighted by atomic mass is 10.0. The Labute approximate surface area is 363 Å². The van der Waals surface area contributed by atoms with Gasteiger partial charge in [-0.05, 0) is 84.9 Å². The molecule has 0 unspecified atom stereocenters. The fourth-order valence-corrected chi connectivity index (χ4v) is 9.84. The Hall–Kier alpha value is -8.54. The summed E-state index contributed by atoms with van der Waals surface area (Å²) in [5, 5.41) is 7.36. The van der Waals surface area contributed by atoms with Crippen LogP contribution in [0.25, 0.3) is 116 Å². The first-order valence-electron chi connectivity index (χ1n) is 21.4. The topological polar surface area (TPSA) is 40.6 Å². The smallest absolute Gasteiger partial charge is 0.160 e. The first-order valence-corrected chi connectivity index (χ1v) is 21.4. The van der Waals surface area contributed by atoms with Gasteiger partial charge in [-0.25, -0.2) is 9.97 Å². The fraction of sp³-hybridized carbons (Fsp3) is 0. The maximum absolute atomic E-state index is 5.45. The third kappa shape index (κ3) is 5.57. The van der Waals surface area contributed by atoms with E-state index >= 15 is 0 Å². The molecule has 294 valence electrons. The molecule has 0 fully saturated rings. The number of fused-ring (bicyclic) bond motifs is 9. The molecule has 13 rings (SSSR count). The van der Waals surface area contributed by atoms with Crippen molar-refractivity contribution in [2.75, 3.05) is 0 Å². The van der Waals surface area contributed by atoms with Gasteiger partial charge in [0, 0.05) is 66.1 Å². The normalized spacial score (nSPS) is 11.8. The molecular formula is C58H37N5. The van der Waals surface area contributed by atoms with E-state index in [0.717, 1.165) is 67.2 Å². The van der Waals surface area contributed by atoms with Gasteiger partial charge in [0.1, 0.15) is 0 Å². The average molecular weight is 804 g/mol. The number of rotatable bonds is 6. The fourth-order valence-electron chi connectivity index (χ4n) is 9.84. The number of hydrogen-bond donors (Lipinski definition) is 0. The molecule has 5 heteroatoms. The van der Waals surface area contributed by atoms with Crippen molar-refractivity contribution in [2.45, 2.75) is 0 Å². The molecule has 63 heavy (non-hydrogen) atoms. The monoisotopic (exact) mass is 803 g/mol. The number of benzene rings is 9. The molecule has 5 nitrogen and oxygen atoms in total. The maximum atomic E-state index is 5.45. The molecule has 0 saturated carbocycles. The van der Waals surface area contributed by atoms with Gasteiger partial charge in [0.05, 0.1) is 44.5 Å². The quantitative estimate of drug-likeness (QED) is 0.168. The Bertz CT molecular complexity index is 3620. The number of aromatic nitrogens is 5. The SMILES string of the molecule is c1ccc(-c2cc(-c3cc(-n4c5ccccc5c5ccccc54)cc(-n4c5ccccc5c5ccccc54)c3)nc(-c3ccc(-n4c5ccccc5c5ccccc54)cc3)n2)cc1. The lowest BCUT2D eigenvalue weighted by Gasteiger charge is -2.16. The lowest BCUT2D eigenvalue weighted by Crippen LogP contribution is -2.02. The van der Waals surface area contributed by atoms with E-state index in [1.807, 2.05) is 6.07 Å². The molecule has 0 amide bonds. The molecule has 0 atom stereocenters. The van der Waals surface area contributed by atoms with E-state index in [1.165, 1.54) is 43.4 Å². The summed E-state index contributed by atoms with van der Waals surface area (Å²) in [6.45, 7) is 0. The zero-order chi connectivity index (χ0) is 41.4. The van der Waals surface area contributed by atoms with Gasteiger partial charge in [-0.15, -0.1) is 0 Å². The maximum Gasteiger partial charge on any atom is 0.160 e. The summed E-state index contributed by atoms with van der Waals surface area (Å²) in [6.07, 6.45) is 0. The van der Waals surface area contributed by atoms with E-state index in [9.17, 15) is 0 Å². The highest BCUT2D eigenvalue weighted by molar-refractivity contribution is 6.11. The van der Waals surface area contributed by atoms with Gasteiger partial charge in [0.2, 0.25) is 0 Å². The summed E-state index contributed by atoms with van der Waals surface area (Å²) >= 11 is 0. The van der Waals surface area contributed by atoms with E-state index in [4.69, 9.17) is 9.97 Å². The highest BCUT2D eigenvalue weighted by Crippen LogP contribution is 2.39. The zero-order valence-corrected chi connectivity index (χ0v) is 34.1. The van der Waals surface area contributed by atoms with E-state index in [1.54, 1.807) is 0 Å². The Morgan fingerprint density at radius 2 is 0.571 bits per heavy atom. The summed E-state index contributed by atoms with van der Waals surface area (Å²) in [5.74, 6) is 0.667. The van der Waals surface area contributed by atoms with Crippen molar-refractivity contribution >= 4 is 65.4 Å². The Morgan fingerprint density at radius 1 is 0.238 bits per heavy atom. The van der Waals surface area contributed by atoms with Crippen LogP contribution in [0.5, 0.6) is 0 Å². The third-order valence-electron chi connectivity index (χ3n) is 12.6. The zero-order valence-electron chi connectivity index (χ0n) is 34.1. The van der Waals surface area contributed by atoms with Crippen LogP contribution in [0.4, 0.5) is 0 Å². The molecule has 13 aromatic rings. The van der Waals surface area contributed by atoms with Gasteiger partial charge in [0.15, 0.2) is 5.82 Å². The highest BCUT2D eigenvalue weighted by Gasteiger charge is 2.19. The van der Waals surface area contributed by atoms with E-state index in [0.29, 0.717) is 5.82 Å². The van der Waals surface area contributed by atoms with Gasteiger partial charge in [-0.2, -0.15) is 0 Å². The number of nitrogens with zero attached hydrogens (tertiary/aromatic N) is 5. The molecule has 4 heterocycles. The Kier molecular flexibility index (Phi) is 7.84. The first kappa shape index (κ1) is 35.2. The summed E-state index contributed by atoms with van der Waals surface area (Å²) < 4.78 is 7.15. The first-order chi connectivity index (χ1) is 31.2. The predicted octanol–water partition coefficient (Wildman–Crippen LogP) is 14.8. The van der Waals surface area contributed by atoms with Crippen LogP contribution >= 0.6 is 0 Å². The van der Waals surface area contributed by atoms with Gasteiger partial charge in [-0.3, -0.25) is 0 Å². The van der Waals surface area contributed by atoms with E-state index < -0.39 is 0 Å². The van der Waals surface area contributed by atoms with Crippen molar-refractivity contribution in [3.63, 3.8) is 0 Å². The van der Waals surface area contributed by atoms with Crippen molar-refractivity contribution in [1.29, 1.82) is 0 Å². The molecule has 0 saturated heterocycles. The second-order valence-corrected chi connectivity index (χ2v) is 16.2. The van der Waals surface area contributed by atoms with Gasteiger partial charge < -0.3 is 13.7 Å². The van der Waals surface area contributed by atoms with Gasteiger partial charge in [0.25, 0.3) is 0 Å². The van der Waals surface area contributed by atoms with Crippen LogP contribution in [0.1, 0.15) is 0 Å². The summed E-state index contributed by atoms with van der Waals surface area (Å²) in [6, 6.07) is 80.3. The summed E-state index contributed by atoms with van der Waals surface area (Å²) in [5.41, 5.74) is 14.8. The van der Waals surface area contributed by atoms with Crippen LogP contribution < -0.4 is 0 Å². The van der Waals surface area contributed by atoms with Crippen molar-refractivity contribution in [2.24, 2.45) is 0 Å². The largest absolute Gasteiger partial charge is 0.309 e. The average Bonchev–Trinajstić information content (AvgIpc) is 4.00. The molecule has 0 aliphatic carbocycles. The highest BCUT2D eigenvalue weighted by atomic mass is 15.0. The van der Waals surface area contributed by atoms with E-state index in [-0.39, 0.29) is 0 Å². The third-order valence-corrected chi connectivity index (χ3v) is 12.6. The number of para-hydroxylation sites is 6. The standard InChI is InChI=1S/C58H37N5/c1-2-16-38(17-3-1)50-37-51(60-58(59-50)39-30-32-41(33-31-39)61-52-24-10-4-18-44(52)45-19-5-11-25-53(45)61)40-34-42(62-54-26-12-6-20-46(54)47-21-7-13-27-55(47)62)36-43(35-40)63-56-28-14-8-22-48(56)49-23-9-15-29-57(49)63/h1-37H. The number of hydrogen-bond acceptors (Lipinski definition) is 2. The molecule has 0 bridgehead atoms. The van der Waals surface area contributed by atoms with Crippen LogP contribution in [0, 0.1) is 0 Å². The van der Waals surface area contributed by atoms with Crippen molar-refractivity contribution in [1.82, 2.24) is 23.7 Å². The van der Waals surface area contributed by atoms with Crippen LogP contribution in [0.2, 0.25) is 0 Å². The Balaban J connectivity index is 1.05. The lowest BCUT2D eigenvalue weighted by molar-refractivity contribution is 1.13. The molecule has 9 aromatic carbocycles. The molecule has 0 aliphatic rings.